The van der Waals surface area contributed by atoms with Crippen LogP contribution in [0, 0.1) is 6.92 Å². The van der Waals surface area contributed by atoms with E-state index in [2.05, 4.69) is 20.2 Å². The predicted molar refractivity (Wildman–Crippen MR) is 68.6 cm³/mol. The summed E-state index contributed by atoms with van der Waals surface area (Å²) in [6, 6.07) is 7.48. The molecular formula is C11H12ClN5. The van der Waals surface area contributed by atoms with E-state index in [9.17, 15) is 0 Å². The van der Waals surface area contributed by atoms with Crippen molar-refractivity contribution in [2.45, 2.75) is 6.92 Å². The van der Waals surface area contributed by atoms with E-state index in [1.165, 1.54) is 0 Å². The fourth-order valence-corrected chi connectivity index (χ4v) is 1.41. The van der Waals surface area contributed by atoms with Gasteiger partial charge >= 0.3 is 0 Å². The van der Waals surface area contributed by atoms with Gasteiger partial charge in [-0.15, -0.1) is 11.6 Å². The van der Waals surface area contributed by atoms with Crippen LogP contribution >= 0.6 is 11.6 Å². The highest BCUT2D eigenvalue weighted by atomic mass is 35.5. The number of halogens is 1. The van der Waals surface area contributed by atoms with Crippen LogP contribution in [-0.2, 0) is 0 Å². The van der Waals surface area contributed by atoms with Gasteiger partial charge < -0.3 is 5.73 Å². The average Bonchev–Trinajstić information content (AvgIpc) is 2.77. The SMILES string of the molecule is Cc1nc(-c2ccc(N=C(N)CCl)cc2)n[nH]1. The molecule has 0 amide bonds. The first-order valence-corrected chi connectivity index (χ1v) is 5.61. The van der Waals surface area contributed by atoms with Gasteiger partial charge in [0, 0.05) is 5.56 Å². The molecule has 0 saturated carbocycles. The van der Waals surface area contributed by atoms with Crippen LogP contribution in [0.2, 0.25) is 0 Å². The van der Waals surface area contributed by atoms with Gasteiger partial charge in [-0.05, 0) is 31.2 Å². The largest absolute Gasteiger partial charge is 0.386 e. The van der Waals surface area contributed by atoms with Gasteiger partial charge in [-0.1, -0.05) is 0 Å². The highest BCUT2D eigenvalue weighted by Crippen LogP contribution is 2.19. The zero-order chi connectivity index (χ0) is 12.3. The first-order valence-electron chi connectivity index (χ1n) is 5.07. The normalized spacial score (nSPS) is 11.8. The number of aromatic amines is 1. The Hall–Kier alpha value is -1.88. The fraction of sp³-hybridized carbons (Fsp3) is 0.182. The second-order valence-corrected chi connectivity index (χ2v) is 3.80. The van der Waals surface area contributed by atoms with Gasteiger partial charge in [0.2, 0.25) is 0 Å². The Kier molecular flexibility index (Phi) is 3.39. The zero-order valence-corrected chi connectivity index (χ0v) is 10.1. The molecule has 88 valence electrons. The van der Waals surface area contributed by atoms with E-state index in [-0.39, 0.29) is 5.88 Å². The predicted octanol–water partition coefficient (Wildman–Crippen LogP) is 2.01. The summed E-state index contributed by atoms with van der Waals surface area (Å²) >= 11 is 5.55. The Balaban J connectivity index is 2.24. The molecule has 0 spiro atoms. The molecule has 2 rings (SSSR count). The average molecular weight is 250 g/mol. The third kappa shape index (κ3) is 2.82. The van der Waals surface area contributed by atoms with Crippen LogP contribution in [0.15, 0.2) is 29.3 Å². The Morgan fingerprint density at radius 3 is 2.65 bits per heavy atom. The number of nitrogens with two attached hydrogens (primary N) is 1. The van der Waals surface area contributed by atoms with Crippen molar-refractivity contribution in [3.63, 3.8) is 0 Å². The summed E-state index contributed by atoms with van der Waals surface area (Å²) in [5, 5.41) is 6.87. The summed E-state index contributed by atoms with van der Waals surface area (Å²) in [5.41, 5.74) is 7.24. The number of nitrogens with one attached hydrogen (secondary N) is 1. The molecule has 0 aliphatic heterocycles. The molecule has 5 nitrogen and oxygen atoms in total. The van der Waals surface area contributed by atoms with Crippen molar-refractivity contribution in [2.24, 2.45) is 10.7 Å². The van der Waals surface area contributed by atoms with E-state index in [4.69, 9.17) is 17.3 Å². The van der Waals surface area contributed by atoms with Crippen LogP contribution in [-0.4, -0.2) is 26.9 Å². The standard InChI is InChI=1S/C11H12ClN5/c1-7-14-11(17-16-7)8-2-4-9(5-3-8)15-10(13)6-12/h2-5H,6H2,1H3,(H2,13,15)(H,14,16,17). The molecule has 17 heavy (non-hydrogen) atoms. The summed E-state index contributed by atoms with van der Waals surface area (Å²) in [4.78, 5) is 8.37. The number of amidine groups is 1. The molecule has 2 aromatic rings. The van der Waals surface area contributed by atoms with E-state index < -0.39 is 0 Å². The Morgan fingerprint density at radius 1 is 1.41 bits per heavy atom. The van der Waals surface area contributed by atoms with Crippen molar-refractivity contribution >= 4 is 23.1 Å². The quantitative estimate of drug-likeness (QED) is 0.496. The monoisotopic (exact) mass is 249 g/mol. The second kappa shape index (κ2) is 4.97. The van der Waals surface area contributed by atoms with Crippen LogP contribution in [0.1, 0.15) is 5.82 Å². The number of hydrogen-bond acceptors (Lipinski definition) is 3. The van der Waals surface area contributed by atoms with Crippen LogP contribution in [0.25, 0.3) is 11.4 Å². The summed E-state index contributed by atoms with van der Waals surface area (Å²) in [7, 11) is 0. The zero-order valence-electron chi connectivity index (χ0n) is 9.31. The number of nitrogens with zero attached hydrogens (tertiary/aromatic N) is 3. The van der Waals surface area contributed by atoms with Crippen molar-refractivity contribution < 1.29 is 0 Å². The molecule has 0 fully saturated rings. The van der Waals surface area contributed by atoms with E-state index in [0.717, 1.165) is 17.1 Å². The van der Waals surface area contributed by atoms with Crippen LogP contribution in [0.3, 0.4) is 0 Å². The van der Waals surface area contributed by atoms with Crippen LogP contribution in [0.4, 0.5) is 5.69 Å². The lowest BCUT2D eigenvalue weighted by Crippen LogP contribution is -2.12. The maximum absolute atomic E-state index is 5.55. The lowest BCUT2D eigenvalue weighted by atomic mass is 10.2. The topological polar surface area (TPSA) is 79.9 Å². The van der Waals surface area contributed by atoms with Gasteiger partial charge in [0.1, 0.15) is 11.7 Å². The van der Waals surface area contributed by atoms with E-state index >= 15 is 0 Å². The first-order chi connectivity index (χ1) is 8.19. The third-order valence-corrected chi connectivity index (χ3v) is 2.41. The van der Waals surface area contributed by atoms with Crippen molar-refractivity contribution in [1.29, 1.82) is 0 Å². The lowest BCUT2D eigenvalue weighted by Gasteiger charge is -1.98. The van der Waals surface area contributed by atoms with Crippen molar-refractivity contribution in [2.75, 3.05) is 5.88 Å². The molecule has 0 bridgehead atoms. The molecule has 1 aromatic carbocycles. The number of benzene rings is 1. The molecule has 1 aromatic heterocycles. The third-order valence-electron chi connectivity index (χ3n) is 2.13. The van der Waals surface area contributed by atoms with E-state index in [1.54, 1.807) is 0 Å². The summed E-state index contributed by atoms with van der Waals surface area (Å²) in [5.74, 6) is 2.08. The molecule has 0 unspecified atom stereocenters. The van der Waals surface area contributed by atoms with Gasteiger partial charge in [0.25, 0.3) is 0 Å². The summed E-state index contributed by atoms with van der Waals surface area (Å²) in [6.07, 6.45) is 0. The van der Waals surface area contributed by atoms with Crippen molar-refractivity contribution in [3.05, 3.63) is 30.1 Å². The summed E-state index contributed by atoms with van der Waals surface area (Å²) < 4.78 is 0. The van der Waals surface area contributed by atoms with Gasteiger partial charge in [-0.2, -0.15) is 5.10 Å². The maximum Gasteiger partial charge on any atom is 0.181 e. The minimum Gasteiger partial charge on any atom is -0.386 e. The minimum atomic E-state index is 0.224. The fourth-order valence-electron chi connectivity index (χ4n) is 1.35. The van der Waals surface area contributed by atoms with Gasteiger partial charge in [0.15, 0.2) is 5.82 Å². The molecule has 3 N–H and O–H groups in total. The molecule has 0 saturated heterocycles. The number of rotatable bonds is 3. The van der Waals surface area contributed by atoms with Gasteiger partial charge in [-0.3, -0.25) is 5.10 Å². The maximum atomic E-state index is 5.55. The molecule has 6 heteroatoms. The number of H-pyrrole nitrogens is 1. The van der Waals surface area contributed by atoms with E-state index in [1.807, 2.05) is 31.2 Å². The minimum absolute atomic E-state index is 0.224. The molecule has 1 heterocycles. The summed E-state index contributed by atoms with van der Waals surface area (Å²) in [6.45, 7) is 1.86. The molecule has 0 radical (unpaired) electrons. The highest BCUT2D eigenvalue weighted by Gasteiger charge is 2.03. The molecular weight excluding hydrogens is 238 g/mol. The number of aryl methyl sites for hydroxylation is 1. The van der Waals surface area contributed by atoms with E-state index in [0.29, 0.717) is 11.7 Å². The van der Waals surface area contributed by atoms with Crippen LogP contribution in [0.5, 0.6) is 0 Å². The van der Waals surface area contributed by atoms with Gasteiger partial charge in [0.05, 0.1) is 11.6 Å². The highest BCUT2D eigenvalue weighted by molar-refractivity contribution is 6.28. The second-order valence-electron chi connectivity index (χ2n) is 3.53. The number of aromatic nitrogens is 3. The molecule has 0 aliphatic rings. The first kappa shape index (κ1) is 11.6. The molecule has 0 atom stereocenters. The number of aliphatic imine (C=N–C) groups is 1. The number of hydrogen-bond donors (Lipinski definition) is 2. The molecule has 0 aliphatic carbocycles. The van der Waals surface area contributed by atoms with Crippen molar-refractivity contribution in [3.8, 4) is 11.4 Å². The van der Waals surface area contributed by atoms with Crippen LogP contribution < -0.4 is 5.73 Å². The Bertz CT molecular complexity index is 529. The van der Waals surface area contributed by atoms with Gasteiger partial charge in [-0.25, -0.2) is 9.98 Å². The lowest BCUT2D eigenvalue weighted by molar-refractivity contribution is 1.04. The number of alkyl halides is 1. The Labute approximate surface area is 104 Å². The van der Waals surface area contributed by atoms with Crippen molar-refractivity contribution in [1.82, 2.24) is 15.2 Å². The smallest absolute Gasteiger partial charge is 0.181 e. The Morgan fingerprint density at radius 2 is 2.12 bits per heavy atom.